The second-order valence-electron chi connectivity index (χ2n) is 8.18. The van der Waals surface area contributed by atoms with Gasteiger partial charge in [0.2, 0.25) is 10.0 Å². The van der Waals surface area contributed by atoms with Crippen molar-refractivity contribution in [1.29, 1.82) is 0 Å². The third kappa shape index (κ3) is 4.11. The molecule has 5 heteroatoms. The van der Waals surface area contributed by atoms with Crippen molar-refractivity contribution >= 4 is 10.0 Å². The molecule has 1 fully saturated rings. The highest BCUT2D eigenvalue weighted by Crippen LogP contribution is 2.35. The van der Waals surface area contributed by atoms with Crippen LogP contribution in [0.5, 0.6) is 5.75 Å². The molecule has 1 aliphatic heterocycles. The Labute approximate surface area is 169 Å². The van der Waals surface area contributed by atoms with E-state index >= 15 is 0 Å². The van der Waals surface area contributed by atoms with Gasteiger partial charge in [0, 0.05) is 13.1 Å². The quantitative estimate of drug-likeness (QED) is 0.688. The van der Waals surface area contributed by atoms with Crippen LogP contribution in [0.3, 0.4) is 0 Å². The number of benzene rings is 2. The van der Waals surface area contributed by atoms with E-state index < -0.39 is 10.0 Å². The van der Waals surface area contributed by atoms with Gasteiger partial charge in [-0.25, -0.2) is 8.42 Å². The van der Waals surface area contributed by atoms with Gasteiger partial charge in [-0.2, -0.15) is 4.31 Å². The summed E-state index contributed by atoms with van der Waals surface area (Å²) in [6.45, 7) is 7.58. The predicted molar refractivity (Wildman–Crippen MR) is 113 cm³/mol. The summed E-state index contributed by atoms with van der Waals surface area (Å²) in [6, 6.07) is 15.5. The molecule has 1 saturated heterocycles. The van der Waals surface area contributed by atoms with E-state index in [-0.39, 0.29) is 5.41 Å². The highest BCUT2D eigenvalue weighted by Gasteiger charge is 2.31. The fourth-order valence-electron chi connectivity index (χ4n) is 3.84. The topological polar surface area (TPSA) is 46.6 Å². The van der Waals surface area contributed by atoms with Crippen molar-refractivity contribution in [3.8, 4) is 5.75 Å². The minimum atomic E-state index is -3.45. The first-order valence-corrected chi connectivity index (χ1v) is 11.5. The molecule has 0 bridgehead atoms. The van der Waals surface area contributed by atoms with Crippen LogP contribution in [-0.4, -0.2) is 32.9 Å². The monoisotopic (exact) mass is 401 g/mol. The molecule has 0 amide bonds. The minimum absolute atomic E-state index is 0.0510. The summed E-state index contributed by atoms with van der Waals surface area (Å²) in [5.74, 6) is 1.22. The Morgan fingerprint density at radius 1 is 1.04 bits per heavy atom. The van der Waals surface area contributed by atoms with E-state index in [0.717, 1.165) is 25.0 Å². The Kier molecular flexibility index (Phi) is 6.15. The normalized spacial score (nSPS) is 16.9. The van der Waals surface area contributed by atoms with Crippen LogP contribution >= 0.6 is 0 Å². The molecule has 0 radical (unpaired) electrons. The van der Waals surface area contributed by atoms with Crippen molar-refractivity contribution in [3.05, 3.63) is 59.7 Å². The van der Waals surface area contributed by atoms with Gasteiger partial charge < -0.3 is 4.74 Å². The Hall–Kier alpha value is -1.85. The summed E-state index contributed by atoms with van der Waals surface area (Å²) in [5, 5.41) is 0. The van der Waals surface area contributed by atoms with Gasteiger partial charge in [0.15, 0.2) is 0 Å². The highest BCUT2D eigenvalue weighted by atomic mass is 32.2. The van der Waals surface area contributed by atoms with Crippen LogP contribution in [0.1, 0.15) is 57.1 Å². The Bertz CT molecular complexity index is 896. The summed E-state index contributed by atoms with van der Waals surface area (Å²) < 4.78 is 33.3. The van der Waals surface area contributed by atoms with E-state index in [0.29, 0.717) is 23.9 Å². The number of hydrogen-bond acceptors (Lipinski definition) is 3. The van der Waals surface area contributed by atoms with Crippen molar-refractivity contribution in [1.82, 2.24) is 4.31 Å². The van der Waals surface area contributed by atoms with Crippen LogP contribution in [0.25, 0.3) is 0 Å². The highest BCUT2D eigenvalue weighted by molar-refractivity contribution is 7.89. The molecular weight excluding hydrogens is 370 g/mol. The SMILES string of the molecule is CCC(C)(C)c1ccc(S(=O)(=O)N2CCC(c3ccccc3OC)CC2)cc1. The number of methoxy groups -OCH3 is 1. The largest absolute Gasteiger partial charge is 0.496 e. The zero-order valence-corrected chi connectivity index (χ0v) is 18.1. The van der Waals surface area contributed by atoms with E-state index in [2.05, 4.69) is 26.8 Å². The lowest BCUT2D eigenvalue weighted by Gasteiger charge is -2.32. The molecule has 4 nitrogen and oxygen atoms in total. The van der Waals surface area contributed by atoms with Gasteiger partial charge in [0.05, 0.1) is 12.0 Å². The first-order chi connectivity index (χ1) is 13.3. The molecule has 152 valence electrons. The van der Waals surface area contributed by atoms with Gasteiger partial charge in [-0.15, -0.1) is 0 Å². The summed E-state index contributed by atoms with van der Waals surface area (Å²) in [6.07, 6.45) is 2.62. The molecule has 0 N–H and O–H groups in total. The van der Waals surface area contributed by atoms with Crippen LogP contribution in [0.2, 0.25) is 0 Å². The molecule has 1 heterocycles. The Balaban J connectivity index is 1.73. The molecule has 2 aromatic rings. The predicted octanol–water partition coefficient (Wildman–Crippen LogP) is 4.95. The number of nitrogens with zero attached hydrogens (tertiary/aromatic N) is 1. The molecule has 0 atom stereocenters. The third-order valence-electron chi connectivity index (χ3n) is 6.19. The van der Waals surface area contributed by atoms with Crippen LogP contribution in [-0.2, 0) is 15.4 Å². The molecule has 0 aromatic heterocycles. The van der Waals surface area contributed by atoms with Crippen molar-refractivity contribution < 1.29 is 13.2 Å². The molecule has 1 aliphatic rings. The number of ether oxygens (including phenoxy) is 1. The maximum atomic E-state index is 13.1. The zero-order valence-electron chi connectivity index (χ0n) is 17.3. The number of piperidine rings is 1. The van der Waals surface area contributed by atoms with Crippen LogP contribution in [0, 0.1) is 0 Å². The van der Waals surface area contributed by atoms with Gasteiger partial charge in [0.1, 0.15) is 5.75 Å². The lowest BCUT2D eigenvalue weighted by atomic mass is 9.82. The van der Waals surface area contributed by atoms with Gasteiger partial charge in [-0.05, 0) is 59.9 Å². The molecule has 0 spiro atoms. The van der Waals surface area contributed by atoms with Gasteiger partial charge >= 0.3 is 0 Å². The zero-order chi connectivity index (χ0) is 20.4. The van der Waals surface area contributed by atoms with Crippen LogP contribution in [0.15, 0.2) is 53.4 Å². The average Bonchev–Trinajstić information content (AvgIpc) is 2.74. The molecular formula is C23H31NO3S. The smallest absolute Gasteiger partial charge is 0.243 e. The van der Waals surface area contributed by atoms with E-state index in [9.17, 15) is 8.42 Å². The molecule has 0 saturated carbocycles. The average molecular weight is 402 g/mol. The molecule has 28 heavy (non-hydrogen) atoms. The number of hydrogen-bond donors (Lipinski definition) is 0. The van der Waals surface area contributed by atoms with Gasteiger partial charge in [-0.1, -0.05) is 51.1 Å². The molecule has 2 aromatic carbocycles. The Morgan fingerprint density at radius 3 is 2.21 bits per heavy atom. The summed E-state index contributed by atoms with van der Waals surface area (Å²) in [4.78, 5) is 0.388. The second kappa shape index (κ2) is 8.26. The minimum Gasteiger partial charge on any atom is -0.496 e. The van der Waals surface area contributed by atoms with Crippen molar-refractivity contribution in [2.24, 2.45) is 0 Å². The lowest BCUT2D eigenvalue weighted by molar-refractivity contribution is 0.313. The number of para-hydroxylation sites is 1. The lowest BCUT2D eigenvalue weighted by Crippen LogP contribution is -2.38. The van der Waals surface area contributed by atoms with Crippen molar-refractivity contribution in [3.63, 3.8) is 0 Å². The summed E-state index contributed by atoms with van der Waals surface area (Å²) >= 11 is 0. The van der Waals surface area contributed by atoms with E-state index in [1.54, 1.807) is 23.5 Å². The van der Waals surface area contributed by atoms with Crippen LogP contribution in [0.4, 0.5) is 0 Å². The van der Waals surface area contributed by atoms with E-state index in [1.165, 1.54) is 11.1 Å². The molecule has 0 aliphatic carbocycles. The summed E-state index contributed by atoms with van der Waals surface area (Å²) in [5.41, 5.74) is 2.40. The third-order valence-corrected chi connectivity index (χ3v) is 8.10. The first-order valence-electron chi connectivity index (χ1n) is 10.0. The maximum absolute atomic E-state index is 13.1. The maximum Gasteiger partial charge on any atom is 0.243 e. The first kappa shape index (κ1) is 20.9. The number of rotatable bonds is 6. The van der Waals surface area contributed by atoms with Crippen molar-refractivity contribution in [2.75, 3.05) is 20.2 Å². The Morgan fingerprint density at radius 2 is 1.64 bits per heavy atom. The number of sulfonamides is 1. The molecule has 0 unspecified atom stereocenters. The van der Waals surface area contributed by atoms with Gasteiger partial charge in [0.25, 0.3) is 0 Å². The second-order valence-corrected chi connectivity index (χ2v) is 10.1. The molecule has 3 rings (SSSR count). The van der Waals surface area contributed by atoms with E-state index in [1.807, 2.05) is 30.3 Å². The van der Waals surface area contributed by atoms with Crippen LogP contribution < -0.4 is 4.74 Å². The van der Waals surface area contributed by atoms with E-state index in [4.69, 9.17) is 4.74 Å². The van der Waals surface area contributed by atoms with Crippen molar-refractivity contribution in [2.45, 2.75) is 56.3 Å². The fraction of sp³-hybridized carbons (Fsp3) is 0.478. The fourth-order valence-corrected chi connectivity index (χ4v) is 5.31. The summed E-state index contributed by atoms with van der Waals surface area (Å²) in [7, 11) is -1.77. The van der Waals surface area contributed by atoms with Gasteiger partial charge in [-0.3, -0.25) is 0 Å². The standard InChI is InChI=1S/C23H31NO3S/c1-5-23(2,3)19-10-12-20(13-11-19)28(25,26)24-16-14-18(15-17-24)21-8-6-7-9-22(21)27-4/h6-13,18H,5,14-17H2,1-4H3.